The van der Waals surface area contributed by atoms with E-state index in [2.05, 4.69) is 17.6 Å². The van der Waals surface area contributed by atoms with Gasteiger partial charge in [-0.25, -0.2) is 4.98 Å². The average Bonchev–Trinajstić information content (AvgIpc) is 3.28. The molecule has 3 aromatic rings. The minimum atomic E-state index is -1.79. The third kappa shape index (κ3) is 5.12. The number of nitrogens with zero attached hydrogens (tertiary/aromatic N) is 3. The van der Waals surface area contributed by atoms with E-state index in [0.29, 0.717) is 41.4 Å². The lowest BCUT2D eigenvalue weighted by molar-refractivity contribution is -0.0362. The molecule has 36 heavy (non-hydrogen) atoms. The third-order valence-corrected chi connectivity index (χ3v) is 6.52. The van der Waals surface area contributed by atoms with Crippen LogP contribution in [0.3, 0.4) is 0 Å². The maximum Gasteiger partial charge on any atom is 0.257 e. The molecule has 1 unspecified atom stereocenters. The van der Waals surface area contributed by atoms with E-state index in [4.69, 9.17) is 14.2 Å². The molecule has 0 amide bonds. The predicted octanol–water partition coefficient (Wildman–Crippen LogP) is 5.67. The van der Waals surface area contributed by atoms with Crippen LogP contribution in [0.4, 0.5) is 4.39 Å². The highest BCUT2D eigenvalue weighted by Crippen LogP contribution is 2.38. The molecule has 0 radical (unpaired) electrons. The standard InChI is InChI=1S/C28H30FN3O4/c1-5-25(29)36-24-12-19(11-23(34-4)27(24)22(33)8-6-7-18-15-35-16-18)21-14-31-26-13-20(9-10-32(21)26)28(2,3)17-30/h5,9-14,18,25H,1,6-8,15-16H2,2-4H3. The third-order valence-electron chi connectivity index (χ3n) is 6.52. The molecular formula is C28H30FN3O4. The van der Waals surface area contributed by atoms with E-state index in [1.165, 1.54) is 7.11 Å². The first-order chi connectivity index (χ1) is 17.3. The van der Waals surface area contributed by atoms with Gasteiger partial charge >= 0.3 is 0 Å². The summed E-state index contributed by atoms with van der Waals surface area (Å²) in [5.74, 6) is 0.702. The van der Waals surface area contributed by atoms with Crippen LogP contribution in [0.2, 0.25) is 0 Å². The number of pyridine rings is 1. The van der Waals surface area contributed by atoms with E-state index in [9.17, 15) is 14.4 Å². The van der Waals surface area contributed by atoms with E-state index in [1.54, 1.807) is 18.3 Å². The number of methoxy groups -OCH3 is 1. The summed E-state index contributed by atoms with van der Waals surface area (Å²) < 4.78 is 32.4. The quantitative estimate of drug-likeness (QED) is 0.254. The number of halogens is 1. The number of ketones is 1. The molecule has 0 spiro atoms. The number of aromatic nitrogens is 2. The fourth-order valence-corrected chi connectivity index (χ4v) is 4.21. The molecule has 1 atom stereocenters. The predicted molar refractivity (Wildman–Crippen MR) is 134 cm³/mol. The van der Waals surface area contributed by atoms with Crippen LogP contribution in [0.15, 0.2) is 49.3 Å². The van der Waals surface area contributed by atoms with Crippen molar-refractivity contribution in [3.63, 3.8) is 0 Å². The molecule has 8 heteroatoms. The lowest BCUT2D eigenvalue weighted by Gasteiger charge is -2.25. The fraction of sp³-hybridized carbons (Fsp3) is 0.393. The Balaban J connectivity index is 1.72. The summed E-state index contributed by atoms with van der Waals surface area (Å²) in [6.45, 7) is 8.60. The van der Waals surface area contributed by atoms with Gasteiger partial charge < -0.3 is 14.2 Å². The molecule has 1 saturated heterocycles. The number of ether oxygens (including phenoxy) is 3. The molecule has 0 N–H and O–H groups in total. The van der Waals surface area contributed by atoms with Gasteiger partial charge in [0.05, 0.1) is 43.7 Å². The Bertz CT molecular complexity index is 1320. The lowest BCUT2D eigenvalue weighted by atomic mass is 9.87. The van der Waals surface area contributed by atoms with E-state index < -0.39 is 11.8 Å². The number of benzene rings is 1. The number of carbonyl (C=O) groups is 1. The number of fused-ring (bicyclic) bond motifs is 1. The van der Waals surface area contributed by atoms with Crippen molar-refractivity contribution in [2.75, 3.05) is 20.3 Å². The summed E-state index contributed by atoms with van der Waals surface area (Å²) in [4.78, 5) is 17.7. The first kappa shape index (κ1) is 25.4. The number of nitriles is 1. The van der Waals surface area contributed by atoms with Gasteiger partial charge in [-0.3, -0.25) is 9.20 Å². The molecule has 1 aliphatic heterocycles. The summed E-state index contributed by atoms with van der Waals surface area (Å²) >= 11 is 0. The van der Waals surface area contributed by atoms with E-state index in [-0.39, 0.29) is 17.1 Å². The smallest absolute Gasteiger partial charge is 0.257 e. The van der Waals surface area contributed by atoms with Crippen molar-refractivity contribution in [2.24, 2.45) is 5.92 Å². The van der Waals surface area contributed by atoms with Crippen LogP contribution in [-0.2, 0) is 10.2 Å². The maximum absolute atomic E-state index is 14.3. The van der Waals surface area contributed by atoms with Crippen LogP contribution < -0.4 is 9.47 Å². The van der Waals surface area contributed by atoms with Crippen molar-refractivity contribution in [1.29, 1.82) is 5.26 Å². The maximum atomic E-state index is 14.3. The fourth-order valence-electron chi connectivity index (χ4n) is 4.21. The normalized spacial score (nSPS) is 14.6. The Morgan fingerprint density at radius 2 is 2.14 bits per heavy atom. The Hall–Kier alpha value is -3.70. The highest BCUT2D eigenvalue weighted by molar-refractivity contribution is 6.02. The van der Waals surface area contributed by atoms with E-state index >= 15 is 0 Å². The van der Waals surface area contributed by atoms with Crippen LogP contribution in [0, 0.1) is 17.2 Å². The zero-order valence-electron chi connectivity index (χ0n) is 20.8. The molecule has 2 aromatic heterocycles. The summed E-state index contributed by atoms with van der Waals surface area (Å²) in [7, 11) is 1.47. The molecular weight excluding hydrogens is 461 g/mol. The second kappa shape index (κ2) is 10.5. The number of hydrogen-bond acceptors (Lipinski definition) is 6. The summed E-state index contributed by atoms with van der Waals surface area (Å²) in [5.41, 5.74) is 2.39. The summed E-state index contributed by atoms with van der Waals surface area (Å²) in [5, 5.41) is 9.47. The first-order valence-electron chi connectivity index (χ1n) is 11.9. The van der Waals surface area contributed by atoms with E-state index in [1.807, 2.05) is 36.6 Å². The van der Waals surface area contributed by atoms with Gasteiger partial charge in [-0.15, -0.1) is 0 Å². The van der Waals surface area contributed by atoms with E-state index in [0.717, 1.165) is 31.3 Å². The Morgan fingerprint density at radius 1 is 1.39 bits per heavy atom. The second-order valence-corrected chi connectivity index (χ2v) is 9.50. The van der Waals surface area contributed by atoms with Gasteiger partial charge in [0.1, 0.15) is 22.7 Å². The second-order valence-electron chi connectivity index (χ2n) is 9.50. The largest absolute Gasteiger partial charge is 0.496 e. The molecule has 4 rings (SSSR count). The molecule has 0 bridgehead atoms. The number of alkyl halides is 1. The van der Waals surface area contributed by atoms with Crippen LogP contribution in [0.1, 0.15) is 49.0 Å². The average molecular weight is 492 g/mol. The molecule has 7 nitrogen and oxygen atoms in total. The van der Waals surface area contributed by atoms with Crippen molar-refractivity contribution < 1.29 is 23.4 Å². The van der Waals surface area contributed by atoms with Crippen LogP contribution in [0.5, 0.6) is 11.5 Å². The molecule has 3 heterocycles. The lowest BCUT2D eigenvalue weighted by Crippen LogP contribution is -2.27. The van der Waals surface area contributed by atoms with Gasteiger partial charge in [-0.1, -0.05) is 6.58 Å². The summed E-state index contributed by atoms with van der Waals surface area (Å²) in [6.07, 6.45) is 4.64. The van der Waals surface area contributed by atoms with Crippen molar-refractivity contribution in [3.8, 4) is 28.8 Å². The zero-order chi connectivity index (χ0) is 25.9. The number of carbonyl (C=O) groups excluding carboxylic acids is 1. The van der Waals surface area contributed by atoms with Gasteiger partial charge in [0.25, 0.3) is 6.36 Å². The van der Waals surface area contributed by atoms with Gasteiger partial charge in [-0.05, 0) is 62.6 Å². The van der Waals surface area contributed by atoms with Crippen molar-refractivity contribution in [2.45, 2.75) is 44.9 Å². The minimum absolute atomic E-state index is 0.0888. The SMILES string of the molecule is C=CC(F)Oc1cc(-c2cnc3cc(C(C)(C)C#N)ccn23)cc(OC)c1C(=O)CCCC1COC1. The molecule has 0 saturated carbocycles. The monoisotopic (exact) mass is 491 g/mol. The number of hydrogen-bond donors (Lipinski definition) is 0. The molecule has 188 valence electrons. The molecule has 0 aliphatic carbocycles. The van der Waals surface area contributed by atoms with Crippen molar-refractivity contribution in [3.05, 3.63) is 60.4 Å². The number of rotatable bonds is 11. The Kier molecular flexibility index (Phi) is 7.41. The molecule has 1 aromatic carbocycles. The highest BCUT2D eigenvalue weighted by Gasteiger charge is 2.25. The number of imidazole rings is 1. The molecule has 1 aliphatic rings. The van der Waals surface area contributed by atoms with Crippen molar-refractivity contribution >= 4 is 11.4 Å². The molecule has 1 fully saturated rings. The van der Waals surface area contributed by atoms with Crippen LogP contribution in [-0.4, -0.2) is 41.8 Å². The van der Waals surface area contributed by atoms with Gasteiger partial charge in [0, 0.05) is 24.1 Å². The number of Topliss-reactive ketones (excluding diaryl/α,β-unsaturated/α-hetero) is 1. The summed E-state index contributed by atoms with van der Waals surface area (Å²) in [6, 6.07) is 9.39. The topological polar surface area (TPSA) is 85.9 Å². The van der Waals surface area contributed by atoms with Crippen molar-refractivity contribution in [1.82, 2.24) is 9.38 Å². The Morgan fingerprint density at radius 3 is 2.78 bits per heavy atom. The Labute approximate surface area is 210 Å². The van der Waals surface area contributed by atoms with Gasteiger partial charge in [0.15, 0.2) is 5.78 Å². The van der Waals surface area contributed by atoms with Gasteiger partial charge in [0.2, 0.25) is 0 Å². The van der Waals surface area contributed by atoms with Crippen LogP contribution >= 0.6 is 0 Å². The first-order valence-corrected chi connectivity index (χ1v) is 11.9. The zero-order valence-corrected chi connectivity index (χ0v) is 20.8. The minimum Gasteiger partial charge on any atom is -0.496 e. The van der Waals surface area contributed by atoms with Gasteiger partial charge in [-0.2, -0.15) is 9.65 Å². The highest BCUT2D eigenvalue weighted by atomic mass is 19.1. The van der Waals surface area contributed by atoms with Crippen LogP contribution in [0.25, 0.3) is 16.9 Å².